The summed E-state index contributed by atoms with van der Waals surface area (Å²) in [5.41, 5.74) is 3.74. The third-order valence-corrected chi connectivity index (χ3v) is 4.94. The number of nitrogens with one attached hydrogen (secondary N) is 1. The van der Waals surface area contributed by atoms with Gasteiger partial charge < -0.3 is 14.8 Å². The topological polar surface area (TPSA) is 56.3 Å². The molecule has 0 amide bonds. The average Bonchev–Trinajstić information content (AvgIpc) is 3.08. The Hall–Kier alpha value is -2.30. The van der Waals surface area contributed by atoms with E-state index in [4.69, 9.17) is 19.4 Å². The number of aromatic nitrogens is 2. The van der Waals surface area contributed by atoms with Crippen LogP contribution in [0.5, 0.6) is 11.5 Å². The number of ether oxygens (including phenoxy) is 2. The highest BCUT2D eigenvalue weighted by Gasteiger charge is 2.25. The normalized spacial score (nSPS) is 18.5. The number of rotatable bonds is 4. The fraction of sp³-hybridized carbons (Fsp3) is 0.474. The summed E-state index contributed by atoms with van der Waals surface area (Å²) in [6, 6.07) is 6.09. The third kappa shape index (κ3) is 2.68. The zero-order chi connectivity index (χ0) is 16.5. The van der Waals surface area contributed by atoms with E-state index in [1.54, 1.807) is 7.11 Å². The minimum absolute atomic E-state index is 0.397. The standard InChI is InChI=1S/C19H23N3O2/c1-20-19-14-6-4-7-15(14)21-17(22-19)10-12-9-13-5-3-8-16(23-2)18(13)24-11-12/h3,5,8,12H,4,6-7,9-11H2,1-2H3,(H,20,21,22)/t12-/m1/s1. The van der Waals surface area contributed by atoms with Crippen LogP contribution in [0.15, 0.2) is 18.2 Å². The summed E-state index contributed by atoms with van der Waals surface area (Å²) in [5.74, 6) is 4.04. The molecule has 1 aliphatic carbocycles. The van der Waals surface area contributed by atoms with E-state index >= 15 is 0 Å². The summed E-state index contributed by atoms with van der Waals surface area (Å²) in [6.45, 7) is 0.683. The molecule has 2 aliphatic rings. The summed E-state index contributed by atoms with van der Waals surface area (Å²) in [5, 5.41) is 3.24. The highest BCUT2D eigenvalue weighted by molar-refractivity contribution is 5.49. The molecule has 0 fully saturated rings. The van der Waals surface area contributed by atoms with Crippen LogP contribution in [0.3, 0.4) is 0 Å². The number of nitrogens with zero attached hydrogens (tertiary/aromatic N) is 2. The lowest BCUT2D eigenvalue weighted by molar-refractivity contribution is 0.209. The summed E-state index contributed by atoms with van der Waals surface area (Å²) in [4.78, 5) is 9.56. The molecule has 5 nitrogen and oxygen atoms in total. The summed E-state index contributed by atoms with van der Waals surface area (Å²) in [6.07, 6.45) is 5.16. The highest BCUT2D eigenvalue weighted by atomic mass is 16.5. The van der Waals surface area contributed by atoms with E-state index in [0.717, 1.165) is 48.8 Å². The lowest BCUT2D eigenvalue weighted by Crippen LogP contribution is -2.24. The number of aryl methyl sites for hydroxylation is 1. The van der Waals surface area contributed by atoms with Crippen molar-refractivity contribution in [2.75, 3.05) is 26.1 Å². The van der Waals surface area contributed by atoms with Gasteiger partial charge in [0.25, 0.3) is 0 Å². The number of hydrogen-bond acceptors (Lipinski definition) is 5. The van der Waals surface area contributed by atoms with Gasteiger partial charge in [0.2, 0.25) is 0 Å². The molecule has 1 aliphatic heterocycles. The van der Waals surface area contributed by atoms with Gasteiger partial charge in [0.15, 0.2) is 11.5 Å². The Morgan fingerprint density at radius 2 is 2.21 bits per heavy atom. The zero-order valence-electron chi connectivity index (χ0n) is 14.3. The molecule has 24 heavy (non-hydrogen) atoms. The van der Waals surface area contributed by atoms with Crippen LogP contribution < -0.4 is 14.8 Å². The molecule has 126 valence electrons. The van der Waals surface area contributed by atoms with Gasteiger partial charge in [-0.2, -0.15) is 0 Å². The Bertz CT molecular complexity index is 761. The van der Waals surface area contributed by atoms with E-state index in [2.05, 4.69) is 11.4 Å². The first-order valence-corrected chi connectivity index (χ1v) is 8.63. The van der Waals surface area contributed by atoms with Crippen molar-refractivity contribution in [1.29, 1.82) is 0 Å². The van der Waals surface area contributed by atoms with Crippen LogP contribution in [-0.2, 0) is 25.7 Å². The van der Waals surface area contributed by atoms with Gasteiger partial charge in [-0.25, -0.2) is 9.97 Å². The molecule has 0 spiro atoms. The van der Waals surface area contributed by atoms with E-state index in [9.17, 15) is 0 Å². The van der Waals surface area contributed by atoms with Crippen molar-refractivity contribution < 1.29 is 9.47 Å². The predicted octanol–water partition coefficient (Wildman–Crippen LogP) is 2.81. The molecular weight excluding hydrogens is 302 g/mol. The van der Waals surface area contributed by atoms with Gasteiger partial charge in [-0.3, -0.25) is 0 Å². The van der Waals surface area contributed by atoms with E-state index in [1.807, 2.05) is 19.2 Å². The summed E-state index contributed by atoms with van der Waals surface area (Å²) in [7, 11) is 3.62. The second-order valence-electron chi connectivity index (χ2n) is 6.55. The van der Waals surface area contributed by atoms with E-state index in [-0.39, 0.29) is 0 Å². The average molecular weight is 325 g/mol. The number of fused-ring (bicyclic) bond motifs is 2. The van der Waals surface area contributed by atoms with Crippen LogP contribution in [0.2, 0.25) is 0 Å². The number of benzene rings is 1. The SMILES string of the molecule is CNc1nc(C[C@@H]2COc3c(cccc3OC)C2)nc2c1CCC2. The molecule has 5 heteroatoms. The van der Waals surface area contributed by atoms with Gasteiger partial charge >= 0.3 is 0 Å². The van der Waals surface area contributed by atoms with E-state index < -0.39 is 0 Å². The Morgan fingerprint density at radius 1 is 1.29 bits per heavy atom. The van der Waals surface area contributed by atoms with Crippen LogP contribution in [-0.4, -0.2) is 30.7 Å². The predicted molar refractivity (Wildman–Crippen MR) is 93.0 cm³/mol. The number of anilines is 1. The third-order valence-electron chi connectivity index (χ3n) is 4.94. The first-order chi connectivity index (χ1) is 11.8. The molecule has 2 heterocycles. The smallest absolute Gasteiger partial charge is 0.164 e. The van der Waals surface area contributed by atoms with Gasteiger partial charge in [-0.15, -0.1) is 0 Å². The summed E-state index contributed by atoms with van der Waals surface area (Å²) >= 11 is 0. The van der Waals surface area contributed by atoms with Crippen LogP contribution in [0.25, 0.3) is 0 Å². The quantitative estimate of drug-likeness (QED) is 0.937. The van der Waals surface area contributed by atoms with Crippen LogP contribution in [0, 0.1) is 5.92 Å². The van der Waals surface area contributed by atoms with E-state index in [1.165, 1.54) is 23.2 Å². The first kappa shape index (κ1) is 15.2. The number of methoxy groups -OCH3 is 1. The van der Waals surface area contributed by atoms with Gasteiger partial charge in [0.05, 0.1) is 13.7 Å². The lowest BCUT2D eigenvalue weighted by atomic mass is 9.93. The summed E-state index contributed by atoms with van der Waals surface area (Å²) < 4.78 is 11.4. The fourth-order valence-electron chi connectivity index (χ4n) is 3.79. The van der Waals surface area contributed by atoms with Crippen molar-refractivity contribution in [1.82, 2.24) is 9.97 Å². The molecule has 0 bridgehead atoms. The van der Waals surface area contributed by atoms with Gasteiger partial charge in [-0.05, 0) is 37.3 Å². The lowest BCUT2D eigenvalue weighted by Gasteiger charge is -2.26. The van der Waals surface area contributed by atoms with Gasteiger partial charge in [-0.1, -0.05) is 12.1 Å². The molecule has 1 N–H and O–H groups in total. The fourth-order valence-corrected chi connectivity index (χ4v) is 3.79. The van der Waals surface area contributed by atoms with Crippen molar-refractivity contribution >= 4 is 5.82 Å². The largest absolute Gasteiger partial charge is 0.493 e. The maximum Gasteiger partial charge on any atom is 0.164 e. The maximum absolute atomic E-state index is 5.98. The number of hydrogen-bond donors (Lipinski definition) is 1. The van der Waals surface area contributed by atoms with E-state index in [0.29, 0.717) is 12.5 Å². The Labute approximate surface area is 142 Å². The molecule has 0 radical (unpaired) electrons. The van der Waals surface area contributed by atoms with Crippen molar-refractivity contribution in [3.8, 4) is 11.5 Å². The molecule has 0 unspecified atom stereocenters. The van der Waals surface area contributed by atoms with Crippen molar-refractivity contribution in [2.24, 2.45) is 5.92 Å². The molecule has 1 aromatic heterocycles. The molecule has 1 aromatic carbocycles. The second kappa shape index (κ2) is 6.30. The molecule has 0 saturated carbocycles. The monoisotopic (exact) mass is 325 g/mol. The molecule has 1 atom stereocenters. The van der Waals surface area contributed by atoms with Gasteiger partial charge in [0.1, 0.15) is 11.6 Å². The maximum atomic E-state index is 5.98. The number of para-hydroxylation sites is 1. The Balaban J connectivity index is 1.55. The Kier molecular flexibility index (Phi) is 4.00. The molecule has 4 rings (SSSR count). The first-order valence-electron chi connectivity index (χ1n) is 8.63. The van der Waals surface area contributed by atoms with Crippen molar-refractivity contribution in [3.05, 3.63) is 40.8 Å². The highest BCUT2D eigenvalue weighted by Crippen LogP contribution is 2.36. The molecular formula is C19H23N3O2. The van der Waals surface area contributed by atoms with Gasteiger partial charge in [0, 0.05) is 30.6 Å². The van der Waals surface area contributed by atoms with Crippen molar-refractivity contribution in [3.63, 3.8) is 0 Å². The second-order valence-corrected chi connectivity index (χ2v) is 6.55. The van der Waals surface area contributed by atoms with Crippen molar-refractivity contribution in [2.45, 2.75) is 32.1 Å². The Morgan fingerprint density at radius 3 is 3.04 bits per heavy atom. The minimum atomic E-state index is 0.397. The molecule has 0 saturated heterocycles. The van der Waals surface area contributed by atoms with Crippen LogP contribution in [0.1, 0.15) is 29.1 Å². The minimum Gasteiger partial charge on any atom is -0.493 e. The van der Waals surface area contributed by atoms with Crippen LogP contribution in [0.4, 0.5) is 5.82 Å². The molecule has 2 aromatic rings. The van der Waals surface area contributed by atoms with Crippen LogP contribution >= 0.6 is 0 Å². The zero-order valence-corrected chi connectivity index (χ0v) is 14.3.